The molecular weight excluding hydrogens is 585 g/mol. The van der Waals surface area contributed by atoms with Crippen LogP contribution in [-0.4, -0.2) is 81.7 Å². The first-order valence-electron chi connectivity index (χ1n) is 8.57. The van der Waals surface area contributed by atoms with Crippen molar-refractivity contribution < 1.29 is 76.4 Å². The van der Waals surface area contributed by atoms with Crippen LogP contribution in [0.2, 0.25) is 0 Å². The second-order valence-electron chi connectivity index (χ2n) is 6.53. The van der Waals surface area contributed by atoms with Crippen molar-refractivity contribution in [1.82, 2.24) is 14.6 Å². The summed E-state index contributed by atoms with van der Waals surface area (Å²) in [5.74, 6) is -0.874. The topological polar surface area (TPSA) is 368 Å². The fourth-order valence-corrected chi connectivity index (χ4v) is 2.50. The smallest absolute Gasteiger partial charge is 0.387 e. The van der Waals surface area contributed by atoms with Crippen molar-refractivity contribution >= 4 is 34.8 Å². The fourth-order valence-electron chi connectivity index (χ4n) is 2.50. The van der Waals surface area contributed by atoms with Crippen molar-refractivity contribution in [2.75, 3.05) is 5.73 Å². The molecule has 0 unspecified atom stereocenters. The van der Waals surface area contributed by atoms with Crippen LogP contribution in [0.15, 0.2) is 17.5 Å². The molecule has 212 valence electrons. The van der Waals surface area contributed by atoms with E-state index in [0.717, 1.165) is 16.9 Å². The first-order chi connectivity index (χ1) is 16.4. The van der Waals surface area contributed by atoms with E-state index in [1.165, 1.54) is 6.92 Å². The number of aliphatic hydroxyl groups is 1. The van der Waals surface area contributed by atoms with Crippen LogP contribution in [0.4, 0.5) is 14.6 Å². The number of anilines is 1. The first kappa shape index (κ1) is 34.8. The van der Waals surface area contributed by atoms with Gasteiger partial charge in [0.2, 0.25) is 0 Å². The predicted molar refractivity (Wildman–Crippen MR) is 112 cm³/mol. The molecule has 1 aliphatic heterocycles. The molecule has 37 heavy (non-hydrogen) atoms. The van der Waals surface area contributed by atoms with Gasteiger partial charge in [-0.1, -0.05) is 5.11 Å². The Labute approximate surface area is 202 Å². The summed E-state index contributed by atoms with van der Waals surface area (Å²) in [7, 11) is -13.9. The van der Waals surface area contributed by atoms with Crippen molar-refractivity contribution in [2.24, 2.45) is 5.11 Å². The van der Waals surface area contributed by atoms with Crippen molar-refractivity contribution in [2.45, 2.75) is 31.0 Å². The number of ether oxygens (including phenoxy) is 1. The third kappa shape index (κ3) is 13.3. The molecule has 4 atom stereocenters. The SMILES string of the molecule is C[C@@]1(N=[N+]=[N-])O[C@@H](c2cc(F)c3c(N)ncnn23)[C@H](F)[C@@H]1O.O=P(O)(O)O.O=P(O)(O)O.O=P(O)(O)O. The minimum atomic E-state index is -4.64. The summed E-state index contributed by atoms with van der Waals surface area (Å²) in [6.07, 6.45) is -3.95. The Morgan fingerprint density at radius 1 is 1.11 bits per heavy atom. The Bertz CT molecular complexity index is 1190. The molecule has 0 bridgehead atoms. The molecule has 2 aromatic heterocycles. The molecule has 2 aromatic rings. The second-order valence-corrected chi connectivity index (χ2v) is 9.61. The molecule has 21 nitrogen and oxygen atoms in total. The van der Waals surface area contributed by atoms with Crippen LogP contribution in [0.25, 0.3) is 16.0 Å². The maximum atomic E-state index is 14.4. The molecule has 0 aliphatic carbocycles. The number of aromatic nitrogens is 3. The second kappa shape index (κ2) is 13.1. The standard InChI is InChI=1S/C11H11F2N7O2.3H3O4P/c1-11(18-19-15)9(21)6(13)8(22-11)5-2-4(12)7-10(14)16-3-17-20(5)7;3*1-5(2,3)4/h2-3,6,8-9,21H,1H3,(H2,14,16,17);3*(H3,1,2,3,4)/t6-,8-,9-,11+;;;/m0.../s1. The van der Waals surface area contributed by atoms with Crippen molar-refractivity contribution in [3.63, 3.8) is 0 Å². The summed E-state index contributed by atoms with van der Waals surface area (Å²) in [5.41, 5.74) is 12.1. The van der Waals surface area contributed by atoms with Gasteiger partial charge in [0.1, 0.15) is 24.1 Å². The zero-order valence-corrected chi connectivity index (χ0v) is 20.5. The van der Waals surface area contributed by atoms with Crippen molar-refractivity contribution in [1.29, 1.82) is 0 Å². The third-order valence-electron chi connectivity index (χ3n) is 3.60. The lowest BCUT2D eigenvalue weighted by Crippen LogP contribution is -2.36. The summed E-state index contributed by atoms with van der Waals surface area (Å²) in [6, 6.07) is 0.992. The van der Waals surface area contributed by atoms with Gasteiger partial charge >= 0.3 is 23.5 Å². The van der Waals surface area contributed by atoms with E-state index in [2.05, 4.69) is 20.1 Å². The Morgan fingerprint density at radius 2 is 1.54 bits per heavy atom. The van der Waals surface area contributed by atoms with Crippen LogP contribution >= 0.6 is 23.5 Å². The Hall–Kier alpha value is -2.16. The molecule has 1 fully saturated rings. The summed E-state index contributed by atoms with van der Waals surface area (Å²) in [5, 5.41) is 17.0. The molecule has 1 saturated heterocycles. The number of aliphatic hydroxyl groups excluding tert-OH is 1. The van der Waals surface area contributed by atoms with Crippen molar-refractivity contribution in [3.05, 3.63) is 34.3 Å². The average Bonchev–Trinajstić information content (AvgIpc) is 3.09. The number of nitrogen functional groups attached to an aromatic ring is 1. The average molecular weight is 605 g/mol. The van der Waals surface area contributed by atoms with Crippen LogP contribution in [0.1, 0.15) is 18.7 Å². The molecule has 0 amide bonds. The van der Waals surface area contributed by atoms with Gasteiger partial charge in [0.15, 0.2) is 23.5 Å². The van der Waals surface area contributed by atoms with Crippen LogP contribution in [0.5, 0.6) is 0 Å². The van der Waals surface area contributed by atoms with Gasteiger partial charge in [0.25, 0.3) is 0 Å². The number of rotatable bonds is 2. The van der Waals surface area contributed by atoms with Gasteiger partial charge < -0.3 is 59.6 Å². The van der Waals surface area contributed by atoms with E-state index in [1.807, 2.05) is 0 Å². The summed E-state index contributed by atoms with van der Waals surface area (Å²) >= 11 is 0. The molecule has 12 N–H and O–H groups in total. The molecule has 0 radical (unpaired) electrons. The quantitative estimate of drug-likeness (QED) is 0.0799. The maximum absolute atomic E-state index is 14.4. The molecule has 26 heteroatoms. The summed E-state index contributed by atoms with van der Waals surface area (Å²) in [4.78, 5) is 70.9. The minimum absolute atomic E-state index is 0.00925. The van der Waals surface area contributed by atoms with E-state index >= 15 is 0 Å². The van der Waals surface area contributed by atoms with Gasteiger partial charge in [-0.15, -0.1) is 0 Å². The number of hydrogen-bond acceptors (Lipinski definition) is 9. The van der Waals surface area contributed by atoms with Crippen LogP contribution in [0, 0.1) is 5.82 Å². The van der Waals surface area contributed by atoms with E-state index in [0.29, 0.717) is 0 Å². The monoisotopic (exact) mass is 605 g/mol. The molecule has 0 saturated carbocycles. The zero-order chi connectivity index (χ0) is 29.6. The first-order valence-corrected chi connectivity index (χ1v) is 13.3. The van der Waals surface area contributed by atoms with Gasteiger partial charge in [0.05, 0.1) is 5.69 Å². The van der Waals surface area contributed by atoms with Crippen molar-refractivity contribution in [3.8, 4) is 0 Å². The zero-order valence-electron chi connectivity index (χ0n) is 17.9. The highest BCUT2D eigenvalue weighted by Crippen LogP contribution is 2.43. The van der Waals surface area contributed by atoms with Gasteiger partial charge in [-0.25, -0.2) is 32.0 Å². The molecule has 3 heterocycles. The largest absolute Gasteiger partial charge is 0.466 e. The highest BCUT2D eigenvalue weighted by molar-refractivity contribution is 7.45. The number of azide groups is 1. The number of alkyl halides is 1. The minimum Gasteiger partial charge on any atom is -0.387 e. The third-order valence-corrected chi connectivity index (χ3v) is 3.60. The number of fused-ring (bicyclic) bond motifs is 1. The molecular formula is C11H20F2N7O14P3. The Kier molecular flexibility index (Phi) is 12.3. The maximum Gasteiger partial charge on any atom is 0.466 e. The number of nitrogens with two attached hydrogens (primary N) is 1. The van der Waals surface area contributed by atoms with E-state index in [4.69, 9.17) is 73.7 Å². The Balaban J connectivity index is 0.000000711. The molecule has 0 spiro atoms. The van der Waals surface area contributed by atoms with E-state index in [1.54, 1.807) is 0 Å². The normalized spacial score (nSPS) is 23.4. The number of nitrogens with zero attached hydrogens (tertiary/aromatic N) is 6. The number of halogens is 2. The predicted octanol–water partition coefficient (Wildman–Crippen LogP) is -1.54. The van der Waals surface area contributed by atoms with E-state index < -0.39 is 53.4 Å². The van der Waals surface area contributed by atoms with Crippen LogP contribution < -0.4 is 5.73 Å². The van der Waals surface area contributed by atoms with Gasteiger partial charge in [-0.3, -0.25) is 0 Å². The summed E-state index contributed by atoms with van der Waals surface area (Å²) < 4.78 is 61.4. The van der Waals surface area contributed by atoms with E-state index in [9.17, 15) is 13.9 Å². The van der Waals surface area contributed by atoms with E-state index in [-0.39, 0.29) is 17.0 Å². The van der Waals surface area contributed by atoms with Gasteiger partial charge in [-0.05, 0) is 12.5 Å². The van der Waals surface area contributed by atoms with Crippen LogP contribution in [-0.2, 0) is 18.4 Å². The van der Waals surface area contributed by atoms with Crippen LogP contribution in [0.3, 0.4) is 0 Å². The van der Waals surface area contributed by atoms with Gasteiger partial charge in [-0.2, -0.15) is 5.10 Å². The Morgan fingerprint density at radius 3 is 1.95 bits per heavy atom. The van der Waals surface area contributed by atoms with Gasteiger partial charge in [0, 0.05) is 11.0 Å². The highest BCUT2D eigenvalue weighted by atomic mass is 31.2. The molecule has 3 rings (SSSR count). The lowest BCUT2D eigenvalue weighted by Gasteiger charge is -2.20. The fraction of sp³-hybridized carbons (Fsp3) is 0.455. The lowest BCUT2D eigenvalue weighted by molar-refractivity contribution is -0.0668. The highest BCUT2D eigenvalue weighted by Gasteiger charge is 2.53. The number of hydrogen-bond donors (Lipinski definition) is 11. The number of phosphoric acid groups is 3. The summed E-state index contributed by atoms with van der Waals surface area (Å²) in [6.45, 7) is 1.24. The lowest BCUT2D eigenvalue weighted by atomic mass is 10.0. The molecule has 1 aliphatic rings. The molecule has 0 aromatic carbocycles.